The molecule has 4 amide bonds. The van der Waals surface area contributed by atoms with Crippen molar-refractivity contribution in [2.24, 2.45) is 11.8 Å². The van der Waals surface area contributed by atoms with Crippen LogP contribution >= 0.6 is 0 Å². The van der Waals surface area contributed by atoms with Gasteiger partial charge in [-0.25, -0.2) is 4.79 Å². The first-order valence-corrected chi connectivity index (χ1v) is 16.4. The van der Waals surface area contributed by atoms with Gasteiger partial charge in [-0.1, -0.05) is 0 Å². The molecular formula is C34H50N4O8. The number of amides is 4. The topological polar surface area (TPSA) is 127 Å². The Balaban J connectivity index is 1.42. The third-order valence-corrected chi connectivity index (χ3v) is 9.00. The highest BCUT2D eigenvalue weighted by Crippen LogP contribution is 2.43. The molecule has 2 heterocycles. The number of hydrogen-bond acceptors (Lipinski definition) is 8. The van der Waals surface area contributed by atoms with Crippen LogP contribution in [0.25, 0.3) is 0 Å². The number of piperidine rings is 1. The van der Waals surface area contributed by atoms with E-state index in [9.17, 15) is 19.2 Å². The summed E-state index contributed by atoms with van der Waals surface area (Å²) in [4.78, 5) is 59.8. The molecule has 0 bridgehead atoms. The third kappa shape index (κ3) is 7.60. The van der Waals surface area contributed by atoms with Crippen molar-refractivity contribution in [1.29, 1.82) is 0 Å². The number of anilines is 2. The first-order valence-electron chi connectivity index (χ1n) is 16.4. The number of hydrogen-bond donors (Lipinski definition) is 1. The normalized spacial score (nSPS) is 23.2. The Kier molecular flexibility index (Phi) is 9.62. The van der Waals surface area contributed by atoms with Crippen molar-refractivity contribution >= 4 is 35.2 Å². The predicted octanol–water partition coefficient (Wildman–Crippen LogP) is 3.89. The number of nitrogens with zero attached hydrogens (tertiary/aromatic N) is 3. The molecule has 1 N–H and O–H groups in total. The summed E-state index contributed by atoms with van der Waals surface area (Å²) in [6.07, 6.45) is 3.75. The average molecular weight is 643 g/mol. The predicted molar refractivity (Wildman–Crippen MR) is 172 cm³/mol. The van der Waals surface area contributed by atoms with Crippen LogP contribution in [0.5, 0.6) is 5.75 Å². The molecule has 2 saturated carbocycles. The van der Waals surface area contributed by atoms with Crippen LogP contribution < -0.4 is 19.9 Å². The van der Waals surface area contributed by atoms with E-state index in [0.29, 0.717) is 49.7 Å². The van der Waals surface area contributed by atoms with Gasteiger partial charge in [0, 0.05) is 52.2 Å². The molecule has 12 nitrogen and oxygen atoms in total. The zero-order valence-electron chi connectivity index (χ0n) is 28.3. The second-order valence-electron chi connectivity index (χ2n) is 14.7. The fraction of sp³-hybridized carbons (Fsp3) is 0.706. The molecule has 254 valence electrons. The summed E-state index contributed by atoms with van der Waals surface area (Å²) in [5, 5.41) is 3.14. The second-order valence-corrected chi connectivity index (χ2v) is 14.7. The van der Waals surface area contributed by atoms with Crippen LogP contribution in [-0.4, -0.2) is 98.6 Å². The van der Waals surface area contributed by atoms with E-state index in [0.717, 1.165) is 25.7 Å². The van der Waals surface area contributed by atoms with E-state index in [1.165, 1.54) is 4.90 Å². The van der Waals surface area contributed by atoms with Crippen molar-refractivity contribution in [2.45, 2.75) is 95.9 Å². The number of likely N-dealkylation sites (tertiary alicyclic amines) is 1. The molecule has 0 spiro atoms. The van der Waals surface area contributed by atoms with Gasteiger partial charge in [0.15, 0.2) is 5.60 Å². The van der Waals surface area contributed by atoms with Gasteiger partial charge in [-0.15, -0.1) is 0 Å². The van der Waals surface area contributed by atoms with E-state index in [1.807, 2.05) is 18.2 Å². The lowest BCUT2D eigenvalue weighted by Crippen LogP contribution is -2.55. The van der Waals surface area contributed by atoms with E-state index in [-0.39, 0.29) is 42.4 Å². The molecule has 2 aliphatic carbocycles. The quantitative estimate of drug-likeness (QED) is 0.361. The summed E-state index contributed by atoms with van der Waals surface area (Å²) in [6.45, 7) is 10.6. The Labute approximate surface area is 272 Å². The number of nitrogens with one attached hydrogen (secondary N) is 1. The smallest absolute Gasteiger partial charge is 0.410 e. The Morgan fingerprint density at radius 1 is 1.07 bits per heavy atom. The maximum absolute atomic E-state index is 14.5. The van der Waals surface area contributed by atoms with Crippen molar-refractivity contribution in [3.8, 4) is 5.75 Å². The average Bonchev–Trinajstić information content (AvgIpc) is 3.92. The summed E-state index contributed by atoms with van der Waals surface area (Å²) in [6, 6.07) is 5.52. The van der Waals surface area contributed by atoms with Crippen molar-refractivity contribution in [3.63, 3.8) is 0 Å². The van der Waals surface area contributed by atoms with Gasteiger partial charge in [0.25, 0.3) is 5.91 Å². The number of carbonyl (C=O) groups is 4. The standard InChI is InChI=1S/C34H50N4O8/c1-32(2,3)46-31(42)36-19-22(28(39)35-34(13-14-34)21-44-7)17-23(20-36)29(40)38(24-9-10-24)25-11-12-27-26(18-25)37(15-8-16-43-6)30(41)33(4,5)45-27/h11-12,18,22-24H,8-10,13-17,19-21H2,1-7H3,(H,35,39)/t22-,23+/m0/s1. The molecule has 5 rings (SSSR count). The molecule has 0 unspecified atom stereocenters. The summed E-state index contributed by atoms with van der Waals surface area (Å²) >= 11 is 0. The summed E-state index contributed by atoms with van der Waals surface area (Å²) in [7, 11) is 3.24. The van der Waals surface area contributed by atoms with Crippen LogP contribution in [-0.2, 0) is 28.6 Å². The fourth-order valence-corrected chi connectivity index (χ4v) is 6.38. The van der Waals surface area contributed by atoms with Gasteiger partial charge in [0.05, 0.1) is 29.7 Å². The van der Waals surface area contributed by atoms with Crippen molar-refractivity contribution in [1.82, 2.24) is 10.2 Å². The van der Waals surface area contributed by atoms with Gasteiger partial charge < -0.3 is 39.0 Å². The van der Waals surface area contributed by atoms with Crippen LogP contribution in [0.2, 0.25) is 0 Å². The molecule has 4 aliphatic rings. The molecule has 46 heavy (non-hydrogen) atoms. The van der Waals surface area contributed by atoms with Crippen molar-refractivity contribution in [3.05, 3.63) is 18.2 Å². The molecule has 2 aliphatic heterocycles. The summed E-state index contributed by atoms with van der Waals surface area (Å²) in [5.41, 5.74) is -0.869. The van der Waals surface area contributed by atoms with Gasteiger partial charge in [-0.3, -0.25) is 14.4 Å². The second kappa shape index (κ2) is 13.0. The molecule has 1 saturated heterocycles. The zero-order chi connectivity index (χ0) is 33.4. The number of fused-ring (bicyclic) bond motifs is 1. The lowest BCUT2D eigenvalue weighted by molar-refractivity contribution is -0.133. The lowest BCUT2D eigenvalue weighted by Gasteiger charge is -2.40. The van der Waals surface area contributed by atoms with Crippen LogP contribution in [0.15, 0.2) is 18.2 Å². The minimum absolute atomic E-state index is 0.00948. The highest BCUT2D eigenvalue weighted by atomic mass is 16.6. The third-order valence-electron chi connectivity index (χ3n) is 9.00. The molecule has 1 aromatic carbocycles. The highest BCUT2D eigenvalue weighted by Gasteiger charge is 2.48. The fourth-order valence-electron chi connectivity index (χ4n) is 6.38. The van der Waals surface area contributed by atoms with E-state index in [1.54, 1.807) is 58.6 Å². The maximum Gasteiger partial charge on any atom is 0.410 e. The number of benzene rings is 1. The van der Waals surface area contributed by atoms with Crippen molar-refractivity contribution in [2.75, 3.05) is 56.9 Å². The highest BCUT2D eigenvalue weighted by molar-refractivity contribution is 6.04. The van der Waals surface area contributed by atoms with Crippen LogP contribution in [0.4, 0.5) is 16.2 Å². The number of ether oxygens (including phenoxy) is 4. The Bertz CT molecular complexity index is 1330. The maximum atomic E-state index is 14.5. The van der Waals surface area contributed by atoms with Crippen LogP contribution in [0.3, 0.4) is 0 Å². The molecule has 2 atom stereocenters. The van der Waals surface area contributed by atoms with E-state index in [2.05, 4.69) is 5.32 Å². The van der Waals surface area contributed by atoms with E-state index in [4.69, 9.17) is 18.9 Å². The van der Waals surface area contributed by atoms with E-state index < -0.39 is 29.1 Å². The minimum Gasteiger partial charge on any atom is -0.476 e. The molecular weight excluding hydrogens is 592 g/mol. The molecule has 1 aromatic rings. The number of rotatable bonds is 11. The van der Waals surface area contributed by atoms with Gasteiger partial charge in [-0.05, 0) is 91.3 Å². The first kappa shape index (κ1) is 34.0. The summed E-state index contributed by atoms with van der Waals surface area (Å²) in [5.74, 6) is -1.13. The monoisotopic (exact) mass is 642 g/mol. The van der Waals surface area contributed by atoms with Gasteiger partial charge in [0.1, 0.15) is 11.4 Å². The van der Waals surface area contributed by atoms with Crippen LogP contribution in [0, 0.1) is 11.8 Å². The summed E-state index contributed by atoms with van der Waals surface area (Å²) < 4.78 is 22.4. The Morgan fingerprint density at radius 2 is 1.76 bits per heavy atom. The number of methoxy groups -OCH3 is 2. The lowest BCUT2D eigenvalue weighted by atomic mass is 9.87. The molecule has 0 radical (unpaired) electrons. The van der Waals surface area contributed by atoms with Crippen molar-refractivity contribution < 1.29 is 38.1 Å². The van der Waals surface area contributed by atoms with Crippen LogP contribution in [0.1, 0.15) is 73.1 Å². The Morgan fingerprint density at radius 3 is 2.37 bits per heavy atom. The largest absolute Gasteiger partial charge is 0.476 e. The minimum atomic E-state index is -1.03. The number of carbonyl (C=O) groups excluding carboxylic acids is 4. The molecule has 12 heteroatoms. The van der Waals surface area contributed by atoms with Gasteiger partial charge in [0.2, 0.25) is 11.8 Å². The molecule has 0 aromatic heterocycles. The molecule has 3 fully saturated rings. The zero-order valence-corrected chi connectivity index (χ0v) is 28.3. The first-order chi connectivity index (χ1) is 21.7. The Hall–Kier alpha value is -3.38. The van der Waals surface area contributed by atoms with E-state index >= 15 is 0 Å². The van der Waals surface area contributed by atoms with Gasteiger partial charge in [-0.2, -0.15) is 0 Å². The SMILES string of the molecule is COCCCN1C(=O)C(C)(C)Oc2ccc(N(C(=O)[C@@H]3C[C@H](C(=O)NC4(COC)CC4)CN(C(=O)OC(C)(C)C)C3)C3CC3)cc21. The van der Waals surface area contributed by atoms with Gasteiger partial charge >= 0.3 is 6.09 Å².